The fourth-order valence-corrected chi connectivity index (χ4v) is 1.02. The summed E-state index contributed by atoms with van der Waals surface area (Å²) in [5.74, 6) is 0. The van der Waals surface area contributed by atoms with Gasteiger partial charge in [0.1, 0.15) is 11.6 Å². The van der Waals surface area contributed by atoms with Crippen LogP contribution in [0.1, 0.15) is 5.56 Å². The first kappa shape index (κ1) is 8.96. The lowest BCUT2D eigenvalue weighted by atomic mass is 10.2. The largest absolute Gasteiger partial charge is 0.385 e. The lowest BCUT2D eigenvalue weighted by Crippen LogP contribution is -1.91. The molecule has 5 heteroatoms. The van der Waals surface area contributed by atoms with Crippen LogP contribution in [0.4, 0.5) is 5.69 Å². The molecule has 1 aromatic carbocycles. The maximum absolute atomic E-state index is 10.3. The molecule has 12 heavy (non-hydrogen) atoms. The van der Waals surface area contributed by atoms with Crippen molar-refractivity contribution in [3.05, 3.63) is 45.5 Å². The molecule has 0 unspecified atom stereocenters. The third-order valence-electron chi connectivity index (χ3n) is 1.34. The summed E-state index contributed by atoms with van der Waals surface area (Å²) >= 11 is 5.57. The summed E-state index contributed by atoms with van der Waals surface area (Å²) in [6.07, 6.45) is 0. The van der Waals surface area contributed by atoms with E-state index in [1.54, 1.807) is 0 Å². The van der Waals surface area contributed by atoms with Crippen LogP contribution < -0.4 is 0 Å². The minimum atomic E-state index is -0.602. The molecule has 0 aliphatic heterocycles. The fourth-order valence-electron chi connectivity index (χ4n) is 0.778. The summed E-state index contributed by atoms with van der Waals surface area (Å²) in [6.45, 7) is 0.731. The number of aliphatic hydroxyl groups is 1. The second kappa shape index (κ2) is 3.51. The molecule has 4 nitrogen and oxygen atoms in total. The van der Waals surface area contributed by atoms with E-state index < -0.39 is 4.92 Å². The van der Waals surface area contributed by atoms with Crippen molar-refractivity contribution >= 4 is 17.3 Å². The van der Waals surface area contributed by atoms with E-state index in [0.29, 0.717) is 0 Å². The van der Waals surface area contributed by atoms with Crippen molar-refractivity contribution in [1.29, 1.82) is 0 Å². The predicted octanol–water partition coefficient (Wildman–Crippen LogP) is 2.13. The van der Waals surface area contributed by atoms with Gasteiger partial charge in [-0.1, -0.05) is 23.7 Å². The molecule has 1 radical (unpaired) electrons. The molecule has 63 valence electrons. The number of nitro groups is 1. The Morgan fingerprint density at radius 3 is 2.75 bits per heavy atom. The zero-order valence-corrected chi connectivity index (χ0v) is 6.65. The van der Waals surface area contributed by atoms with Crippen LogP contribution in [-0.4, -0.2) is 10.0 Å². The van der Waals surface area contributed by atoms with Crippen molar-refractivity contribution in [2.24, 2.45) is 0 Å². The zero-order valence-electron chi connectivity index (χ0n) is 5.90. The van der Waals surface area contributed by atoms with Gasteiger partial charge in [0.25, 0.3) is 5.69 Å². The molecule has 0 bridgehead atoms. The minimum absolute atomic E-state index is 0.0509. The van der Waals surface area contributed by atoms with Crippen LogP contribution in [-0.2, 0) is 0 Å². The molecule has 0 saturated heterocycles. The molecule has 0 fully saturated rings. The first-order chi connectivity index (χ1) is 5.66. The Hall–Kier alpha value is -1.13. The van der Waals surface area contributed by atoms with Crippen LogP contribution in [0.25, 0.3) is 0 Å². The Kier molecular flexibility index (Phi) is 2.62. The number of benzene rings is 1. The number of hydrogen-bond acceptors (Lipinski definition) is 3. The molecular formula is C7H5ClNO3. The summed E-state index contributed by atoms with van der Waals surface area (Å²) in [4.78, 5) is 9.71. The highest BCUT2D eigenvalue weighted by Gasteiger charge is 2.14. The number of rotatable bonds is 2. The second-order valence-corrected chi connectivity index (χ2v) is 2.44. The predicted molar refractivity (Wildman–Crippen MR) is 43.4 cm³/mol. The number of hydrogen-bond donors (Lipinski definition) is 1. The summed E-state index contributed by atoms with van der Waals surface area (Å²) in [5, 5.41) is 18.9. The second-order valence-electron chi connectivity index (χ2n) is 2.07. The molecule has 1 aromatic rings. The molecule has 0 aromatic heterocycles. The zero-order chi connectivity index (χ0) is 9.14. The highest BCUT2D eigenvalue weighted by atomic mass is 35.5. The van der Waals surface area contributed by atoms with E-state index in [1.807, 2.05) is 0 Å². The SMILES string of the molecule is O=[N+]([O-])c1cccc([CH]O)c1Cl. The lowest BCUT2D eigenvalue weighted by Gasteiger charge is -1.98. The van der Waals surface area contributed by atoms with E-state index in [1.165, 1.54) is 18.2 Å². The van der Waals surface area contributed by atoms with Gasteiger partial charge in [-0.25, -0.2) is 0 Å². The van der Waals surface area contributed by atoms with Gasteiger partial charge in [-0.2, -0.15) is 0 Å². The Labute approximate surface area is 73.5 Å². The number of nitrogens with zero attached hydrogens (tertiary/aromatic N) is 1. The van der Waals surface area contributed by atoms with Gasteiger partial charge in [0.2, 0.25) is 0 Å². The Balaban J connectivity index is 3.23. The van der Waals surface area contributed by atoms with Gasteiger partial charge < -0.3 is 5.11 Å². The van der Waals surface area contributed by atoms with E-state index in [2.05, 4.69) is 0 Å². The van der Waals surface area contributed by atoms with E-state index in [4.69, 9.17) is 16.7 Å². The number of aliphatic hydroxyl groups excluding tert-OH is 1. The summed E-state index contributed by atoms with van der Waals surface area (Å²) < 4.78 is 0. The van der Waals surface area contributed by atoms with E-state index in [0.717, 1.165) is 6.61 Å². The topological polar surface area (TPSA) is 63.4 Å². The van der Waals surface area contributed by atoms with E-state index >= 15 is 0 Å². The molecule has 0 atom stereocenters. The lowest BCUT2D eigenvalue weighted by molar-refractivity contribution is -0.384. The normalized spacial score (nSPS) is 9.83. The molecule has 0 spiro atoms. The molecule has 0 aliphatic carbocycles. The average molecular weight is 187 g/mol. The molecule has 1 rings (SSSR count). The molecule has 0 amide bonds. The van der Waals surface area contributed by atoms with Crippen molar-refractivity contribution in [3.8, 4) is 0 Å². The molecular weight excluding hydrogens is 182 g/mol. The standard InChI is InChI=1S/C7H5ClNO3/c8-7-5(4-10)2-1-3-6(7)9(11)12/h1-4,10H. The van der Waals surface area contributed by atoms with Gasteiger partial charge in [0.15, 0.2) is 0 Å². The fraction of sp³-hybridized carbons (Fsp3) is 0. The highest BCUT2D eigenvalue weighted by Crippen LogP contribution is 2.27. The van der Waals surface area contributed by atoms with Crippen LogP contribution in [0.2, 0.25) is 5.02 Å². The van der Waals surface area contributed by atoms with Crippen LogP contribution in [0.15, 0.2) is 18.2 Å². The van der Waals surface area contributed by atoms with Gasteiger partial charge in [-0.3, -0.25) is 10.1 Å². The minimum Gasteiger partial charge on any atom is -0.385 e. The molecule has 0 aliphatic rings. The Morgan fingerprint density at radius 2 is 2.25 bits per heavy atom. The molecule has 0 heterocycles. The van der Waals surface area contributed by atoms with E-state index in [-0.39, 0.29) is 16.3 Å². The highest BCUT2D eigenvalue weighted by molar-refractivity contribution is 6.33. The maximum atomic E-state index is 10.3. The first-order valence-corrected chi connectivity index (χ1v) is 3.45. The van der Waals surface area contributed by atoms with Gasteiger partial charge >= 0.3 is 0 Å². The van der Waals surface area contributed by atoms with Crippen molar-refractivity contribution < 1.29 is 10.0 Å². The van der Waals surface area contributed by atoms with Crippen LogP contribution in [0, 0.1) is 16.7 Å². The number of halogens is 1. The van der Waals surface area contributed by atoms with Crippen LogP contribution >= 0.6 is 11.6 Å². The summed E-state index contributed by atoms with van der Waals surface area (Å²) in [5.41, 5.74) is 0.0327. The van der Waals surface area contributed by atoms with E-state index in [9.17, 15) is 10.1 Å². The summed E-state index contributed by atoms with van der Waals surface area (Å²) in [7, 11) is 0. The monoisotopic (exact) mass is 186 g/mol. The van der Waals surface area contributed by atoms with Crippen LogP contribution in [0.5, 0.6) is 0 Å². The molecule has 1 N–H and O–H groups in total. The van der Waals surface area contributed by atoms with Gasteiger partial charge in [-0.05, 0) is 0 Å². The third-order valence-corrected chi connectivity index (χ3v) is 1.76. The van der Waals surface area contributed by atoms with Gasteiger partial charge in [-0.15, -0.1) is 0 Å². The Morgan fingerprint density at radius 1 is 1.58 bits per heavy atom. The average Bonchev–Trinajstić information content (AvgIpc) is 2.04. The van der Waals surface area contributed by atoms with Crippen molar-refractivity contribution in [1.82, 2.24) is 0 Å². The maximum Gasteiger partial charge on any atom is 0.288 e. The summed E-state index contributed by atoms with van der Waals surface area (Å²) in [6, 6.07) is 4.21. The van der Waals surface area contributed by atoms with Crippen LogP contribution in [0.3, 0.4) is 0 Å². The first-order valence-electron chi connectivity index (χ1n) is 3.07. The van der Waals surface area contributed by atoms with Crippen molar-refractivity contribution in [2.45, 2.75) is 0 Å². The quantitative estimate of drug-likeness (QED) is 0.569. The number of nitro benzene ring substituents is 1. The van der Waals surface area contributed by atoms with Crippen molar-refractivity contribution in [3.63, 3.8) is 0 Å². The third kappa shape index (κ3) is 1.54. The molecule has 0 saturated carbocycles. The van der Waals surface area contributed by atoms with Gasteiger partial charge in [0, 0.05) is 11.6 Å². The smallest absolute Gasteiger partial charge is 0.288 e. The Bertz CT molecular complexity index is 314. The van der Waals surface area contributed by atoms with Crippen molar-refractivity contribution in [2.75, 3.05) is 0 Å². The van der Waals surface area contributed by atoms with Gasteiger partial charge in [0.05, 0.1) is 4.92 Å².